The Bertz CT molecular complexity index is 401. The Kier molecular flexibility index (Phi) is 4.36. The molecule has 1 atom stereocenters. The van der Waals surface area contributed by atoms with Gasteiger partial charge >= 0.3 is 0 Å². The van der Waals surface area contributed by atoms with Crippen LogP contribution in [0.4, 0.5) is 0 Å². The Balaban J connectivity index is 2.10. The lowest BCUT2D eigenvalue weighted by molar-refractivity contribution is 0.0569. The predicted octanol–water partition coefficient (Wildman–Crippen LogP) is 1.35. The molecule has 0 radical (unpaired) electrons. The van der Waals surface area contributed by atoms with Crippen molar-refractivity contribution in [2.45, 2.75) is 45.1 Å². The minimum atomic E-state index is 0.0142. The van der Waals surface area contributed by atoms with E-state index in [1.807, 2.05) is 11.8 Å². The van der Waals surface area contributed by atoms with Crippen molar-refractivity contribution in [1.82, 2.24) is 14.9 Å². The van der Waals surface area contributed by atoms with Crippen LogP contribution in [0.25, 0.3) is 0 Å². The molecule has 2 rings (SSSR count). The summed E-state index contributed by atoms with van der Waals surface area (Å²) >= 11 is 0. The van der Waals surface area contributed by atoms with Crippen molar-refractivity contribution < 1.29 is 9.90 Å². The molecule has 0 bridgehead atoms. The average Bonchev–Trinajstić information content (AvgIpc) is 2.88. The lowest BCUT2D eigenvalue weighted by Gasteiger charge is -2.35. The fraction of sp³-hybridized carbons (Fsp3) is 0.692. The Hall–Kier alpha value is -1.36. The van der Waals surface area contributed by atoms with Crippen molar-refractivity contribution >= 4 is 5.91 Å². The van der Waals surface area contributed by atoms with Gasteiger partial charge in [-0.25, -0.2) is 4.98 Å². The summed E-state index contributed by atoms with van der Waals surface area (Å²) in [6.45, 7) is 2.92. The second-order valence-corrected chi connectivity index (χ2v) is 4.76. The minimum Gasteiger partial charge on any atom is -0.396 e. The first-order valence-corrected chi connectivity index (χ1v) is 6.72. The summed E-state index contributed by atoms with van der Waals surface area (Å²) in [5.41, 5.74) is 0.566. The van der Waals surface area contributed by atoms with Gasteiger partial charge in [-0.05, 0) is 25.7 Å². The molecule has 1 aromatic heterocycles. The Labute approximate surface area is 107 Å². The average molecular weight is 251 g/mol. The molecule has 1 aromatic rings. The summed E-state index contributed by atoms with van der Waals surface area (Å²) in [6.07, 6.45) is 6.25. The van der Waals surface area contributed by atoms with E-state index >= 15 is 0 Å². The van der Waals surface area contributed by atoms with Gasteiger partial charge in [0.25, 0.3) is 5.91 Å². The first-order valence-electron chi connectivity index (χ1n) is 6.72. The number of aliphatic hydroxyl groups is 1. The molecule has 1 amide bonds. The second-order valence-electron chi connectivity index (χ2n) is 4.76. The minimum absolute atomic E-state index is 0.0142. The molecule has 1 fully saturated rings. The van der Waals surface area contributed by atoms with Gasteiger partial charge in [-0.1, -0.05) is 6.92 Å². The van der Waals surface area contributed by atoms with Crippen molar-refractivity contribution in [3.05, 3.63) is 17.7 Å². The maximum absolute atomic E-state index is 12.4. The molecule has 5 heteroatoms. The van der Waals surface area contributed by atoms with Crippen LogP contribution in [-0.4, -0.2) is 45.1 Å². The number of piperidine rings is 1. The van der Waals surface area contributed by atoms with Crippen LogP contribution in [0.5, 0.6) is 0 Å². The SMILES string of the molecule is CCc1ncc(C(=O)N2CCCCC2CCO)[nH]1. The zero-order valence-corrected chi connectivity index (χ0v) is 10.9. The molecule has 1 saturated heterocycles. The summed E-state index contributed by atoms with van der Waals surface area (Å²) in [7, 11) is 0. The number of aryl methyl sites for hydroxylation is 1. The largest absolute Gasteiger partial charge is 0.396 e. The highest BCUT2D eigenvalue weighted by Crippen LogP contribution is 2.21. The Morgan fingerprint density at radius 2 is 2.44 bits per heavy atom. The number of hydrogen-bond acceptors (Lipinski definition) is 3. The molecule has 0 aromatic carbocycles. The first kappa shape index (κ1) is 13.1. The van der Waals surface area contributed by atoms with Crippen LogP contribution < -0.4 is 0 Å². The second kappa shape index (κ2) is 6.00. The van der Waals surface area contributed by atoms with Gasteiger partial charge in [0.05, 0.1) is 6.20 Å². The number of hydrogen-bond donors (Lipinski definition) is 2. The highest BCUT2D eigenvalue weighted by atomic mass is 16.3. The van der Waals surface area contributed by atoms with E-state index in [2.05, 4.69) is 9.97 Å². The van der Waals surface area contributed by atoms with Gasteiger partial charge in [-0.15, -0.1) is 0 Å². The molecule has 1 unspecified atom stereocenters. The number of nitrogens with zero attached hydrogens (tertiary/aromatic N) is 2. The van der Waals surface area contributed by atoms with Crippen LogP contribution in [0.1, 0.15) is 48.9 Å². The van der Waals surface area contributed by atoms with E-state index in [-0.39, 0.29) is 18.6 Å². The number of H-pyrrole nitrogens is 1. The maximum Gasteiger partial charge on any atom is 0.272 e. The molecule has 1 aliphatic rings. The first-order chi connectivity index (χ1) is 8.76. The highest BCUT2D eigenvalue weighted by molar-refractivity contribution is 5.92. The van der Waals surface area contributed by atoms with E-state index in [1.165, 1.54) is 0 Å². The molecular formula is C13H21N3O2. The number of rotatable bonds is 4. The summed E-state index contributed by atoms with van der Waals surface area (Å²) in [6, 6.07) is 0.171. The monoisotopic (exact) mass is 251 g/mol. The van der Waals surface area contributed by atoms with Crippen molar-refractivity contribution in [1.29, 1.82) is 0 Å². The number of imidazole rings is 1. The molecule has 0 saturated carbocycles. The molecular weight excluding hydrogens is 230 g/mol. The predicted molar refractivity (Wildman–Crippen MR) is 68.3 cm³/mol. The van der Waals surface area contributed by atoms with Gasteiger partial charge in [0, 0.05) is 25.6 Å². The molecule has 100 valence electrons. The molecule has 18 heavy (non-hydrogen) atoms. The number of likely N-dealkylation sites (tertiary alicyclic amines) is 1. The molecule has 1 aliphatic heterocycles. The molecule has 5 nitrogen and oxygen atoms in total. The van der Waals surface area contributed by atoms with Gasteiger partial charge in [0.1, 0.15) is 11.5 Å². The van der Waals surface area contributed by atoms with Crippen molar-refractivity contribution in [2.24, 2.45) is 0 Å². The molecule has 0 spiro atoms. The fourth-order valence-corrected chi connectivity index (χ4v) is 2.52. The quantitative estimate of drug-likeness (QED) is 0.848. The standard InChI is InChI=1S/C13H21N3O2/c1-2-12-14-9-11(15-12)13(18)16-7-4-3-5-10(16)6-8-17/h9-10,17H,2-8H2,1H3,(H,14,15). The lowest BCUT2D eigenvalue weighted by Crippen LogP contribution is -2.44. The third kappa shape index (κ3) is 2.72. The van der Waals surface area contributed by atoms with Crippen LogP contribution in [0.2, 0.25) is 0 Å². The van der Waals surface area contributed by atoms with E-state index in [1.54, 1.807) is 6.20 Å². The van der Waals surface area contributed by atoms with E-state index in [0.29, 0.717) is 12.1 Å². The summed E-state index contributed by atoms with van der Waals surface area (Å²) in [4.78, 5) is 21.5. The van der Waals surface area contributed by atoms with Crippen LogP contribution in [-0.2, 0) is 6.42 Å². The van der Waals surface area contributed by atoms with Crippen LogP contribution in [0, 0.1) is 0 Å². The molecule has 2 N–H and O–H groups in total. The van der Waals surface area contributed by atoms with Crippen molar-refractivity contribution in [3.8, 4) is 0 Å². The van der Waals surface area contributed by atoms with Crippen LogP contribution >= 0.6 is 0 Å². The number of nitrogens with one attached hydrogen (secondary N) is 1. The van der Waals surface area contributed by atoms with Crippen molar-refractivity contribution in [3.63, 3.8) is 0 Å². The zero-order valence-electron chi connectivity index (χ0n) is 10.9. The maximum atomic E-state index is 12.4. The number of carbonyl (C=O) groups is 1. The van der Waals surface area contributed by atoms with Gasteiger partial charge < -0.3 is 15.0 Å². The number of aromatic nitrogens is 2. The number of carbonyl (C=O) groups excluding carboxylic acids is 1. The van der Waals surface area contributed by atoms with Gasteiger partial charge in [0.2, 0.25) is 0 Å². The smallest absolute Gasteiger partial charge is 0.272 e. The number of aliphatic hydroxyl groups excluding tert-OH is 1. The van der Waals surface area contributed by atoms with Gasteiger partial charge in [-0.3, -0.25) is 4.79 Å². The normalized spacial score (nSPS) is 20.1. The third-order valence-corrected chi connectivity index (χ3v) is 3.54. The summed E-state index contributed by atoms with van der Waals surface area (Å²) in [5, 5.41) is 9.07. The third-order valence-electron chi connectivity index (χ3n) is 3.54. The lowest BCUT2D eigenvalue weighted by atomic mass is 9.99. The van der Waals surface area contributed by atoms with E-state index < -0.39 is 0 Å². The van der Waals surface area contributed by atoms with E-state index in [9.17, 15) is 4.79 Å². The highest BCUT2D eigenvalue weighted by Gasteiger charge is 2.27. The Morgan fingerprint density at radius 1 is 1.61 bits per heavy atom. The molecule has 0 aliphatic carbocycles. The van der Waals surface area contributed by atoms with E-state index in [4.69, 9.17) is 5.11 Å². The topological polar surface area (TPSA) is 69.2 Å². The van der Waals surface area contributed by atoms with Crippen molar-refractivity contribution in [2.75, 3.05) is 13.2 Å². The Morgan fingerprint density at radius 3 is 3.11 bits per heavy atom. The van der Waals surface area contributed by atoms with Crippen LogP contribution in [0.3, 0.4) is 0 Å². The summed E-state index contributed by atoms with van der Waals surface area (Å²) in [5.74, 6) is 0.856. The van der Waals surface area contributed by atoms with Gasteiger partial charge in [-0.2, -0.15) is 0 Å². The number of aromatic amines is 1. The summed E-state index contributed by atoms with van der Waals surface area (Å²) < 4.78 is 0. The van der Waals surface area contributed by atoms with E-state index in [0.717, 1.165) is 38.1 Å². The number of amides is 1. The zero-order chi connectivity index (χ0) is 13.0. The fourth-order valence-electron chi connectivity index (χ4n) is 2.52. The van der Waals surface area contributed by atoms with Gasteiger partial charge in [0.15, 0.2) is 0 Å². The molecule has 2 heterocycles. The van der Waals surface area contributed by atoms with Crippen LogP contribution in [0.15, 0.2) is 6.20 Å².